The largest absolute Gasteiger partial charge is 0.499 e. The molecule has 0 aliphatic rings. The molecule has 1 N–H and O–H groups in total. The van der Waals surface area contributed by atoms with Gasteiger partial charge in [-0.3, -0.25) is 4.52 Å². The fraction of sp³-hybridized carbons (Fsp3) is 1.00. The van der Waals surface area contributed by atoms with Crippen LogP contribution in [0.1, 0.15) is 52.4 Å². The first-order chi connectivity index (χ1) is 9.12. The molecule has 0 fully saturated rings. The van der Waals surface area contributed by atoms with Gasteiger partial charge >= 0.3 is 7.82 Å². The minimum absolute atomic E-state index is 0.00198. The maximum absolute atomic E-state index is 11.3. The molecular formula is C12H27O6P. The molecule has 0 heterocycles. The van der Waals surface area contributed by atoms with Crippen molar-refractivity contribution >= 4 is 7.82 Å². The number of ether oxygens (including phenoxy) is 1. The molecule has 1 unspecified atom stereocenters. The van der Waals surface area contributed by atoms with Crippen molar-refractivity contribution in [2.45, 2.75) is 52.4 Å². The molecule has 116 valence electrons. The molecule has 0 radical (unpaired) electrons. The molecule has 7 heteroatoms. The van der Waals surface area contributed by atoms with Crippen molar-refractivity contribution in [2.24, 2.45) is 0 Å². The van der Waals surface area contributed by atoms with E-state index in [4.69, 9.17) is 4.74 Å². The van der Waals surface area contributed by atoms with E-state index in [9.17, 15) is 9.46 Å². The summed E-state index contributed by atoms with van der Waals surface area (Å²) in [5.74, 6) is 0. The van der Waals surface area contributed by atoms with Crippen LogP contribution in [0.5, 0.6) is 0 Å². The van der Waals surface area contributed by atoms with E-state index in [0.29, 0.717) is 13.2 Å². The summed E-state index contributed by atoms with van der Waals surface area (Å²) < 4.78 is 25.2. The second-order valence-electron chi connectivity index (χ2n) is 4.16. The van der Waals surface area contributed by atoms with Gasteiger partial charge in [-0.2, -0.15) is 0 Å². The van der Waals surface area contributed by atoms with Gasteiger partial charge in [-0.1, -0.05) is 39.0 Å². The van der Waals surface area contributed by atoms with E-state index in [2.05, 4.69) is 21.0 Å². The summed E-state index contributed by atoms with van der Waals surface area (Å²) in [5.41, 5.74) is 0. The van der Waals surface area contributed by atoms with Crippen LogP contribution in [0.2, 0.25) is 0 Å². The number of hydrogen-bond donors (Lipinski definition) is 1. The van der Waals surface area contributed by atoms with Gasteiger partial charge in [0.15, 0.2) is 0 Å². The molecule has 0 amide bonds. The topological polar surface area (TPSA) is 74.2 Å². The maximum atomic E-state index is 11.3. The van der Waals surface area contributed by atoms with Crippen molar-refractivity contribution < 1.29 is 28.3 Å². The first-order valence-electron chi connectivity index (χ1n) is 6.98. The molecule has 0 saturated heterocycles. The Morgan fingerprint density at radius 1 is 0.947 bits per heavy atom. The van der Waals surface area contributed by atoms with Crippen molar-refractivity contribution in [2.75, 3.05) is 26.4 Å². The summed E-state index contributed by atoms with van der Waals surface area (Å²) in [6.07, 6.45) is 6.67. The highest BCUT2D eigenvalue weighted by atomic mass is 31.2. The lowest BCUT2D eigenvalue weighted by Gasteiger charge is -2.10. The first-order valence-corrected chi connectivity index (χ1v) is 8.48. The van der Waals surface area contributed by atoms with Crippen LogP contribution >= 0.6 is 7.82 Å². The van der Waals surface area contributed by atoms with Gasteiger partial charge in [0.05, 0.1) is 19.8 Å². The number of phosphoric ester groups is 1. The molecular weight excluding hydrogens is 271 g/mol. The minimum atomic E-state index is -4.10. The standard InChI is InChI=1S/C12H27O6P/c1-3-5-6-7-8-9-10-16-18-19(13,14)17-12-11-15-4-2/h3-12H2,1-2H3,(H,13,14). The van der Waals surface area contributed by atoms with Gasteiger partial charge in [-0.05, 0) is 13.3 Å². The molecule has 1 atom stereocenters. The number of phosphoric acid groups is 1. The van der Waals surface area contributed by atoms with Crippen molar-refractivity contribution in [3.05, 3.63) is 0 Å². The number of hydrogen-bond acceptors (Lipinski definition) is 5. The van der Waals surface area contributed by atoms with E-state index in [0.717, 1.165) is 19.3 Å². The Morgan fingerprint density at radius 3 is 2.32 bits per heavy atom. The van der Waals surface area contributed by atoms with E-state index in [-0.39, 0.29) is 13.2 Å². The molecule has 0 aromatic carbocycles. The first kappa shape index (κ1) is 19.0. The minimum Gasteiger partial charge on any atom is -0.379 e. The van der Waals surface area contributed by atoms with Crippen LogP contribution in [0.3, 0.4) is 0 Å². The Morgan fingerprint density at radius 2 is 1.63 bits per heavy atom. The van der Waals surface area contributed by atoms with Crippen LogP contribution in [0, 0.1) is 0 Å². The smallest absolute Gasteiger partial charge is 0.379 e. The van der Waals surface area contributed by atoms with E-state index in [1.807, 2.05) is 6.92 Å². The fourth-order valence-corrected chi connectivity index (χ4v) is 1.98. The van der Waals surface area contributed by atoms with Gasteiger partial charge in [0.25, 0.3) is 0 Å². The predicted molar refractivity (Wildman–Crippen MR) is 72.7 cm³/mol. The third kappa shape index (κ3) is 14.3. The Balaban J connectivity index is 3.35. The summed E-state index contributed by atoms with van der Waals surface area (Å²) in [6.45, 7) is 5.09. The molecule has 0 saturated carbocycles. The van der Waals surface area contributed by atoms with Crippen LogP contribution in [0.4, 0.5) is 0 Å². The molecule has 6 nitrogen and oxygen atoms in total. The molecule has 0 bridgehead atoms. The lowest BCUT2D eigenvalue weighted by atomic mass is 10.1. The number of unbranched alkanes of at least 4 members (excludes halogenated alkanes) is 5. The summed E-state index contributed by atoms with van der Waals surface area (Å²) in [4.78, 5) is 13.9. The second kappa shape index (κ2) is 13.0. The van der Waals surface area contributed by atoms with Gasteiger partial charge in [0, 0.05) is 6.61 Å². The molecule has 0 rings (SSSR count). The third-order valence-corrected chi connectivity index (χ3v) is 3.22. The summed E-state index contributed by atoms with van der Waals surface area (Å²) in [7, 11) is -4.10. The molecule has 0 aromatic heterocycles. The normalized spacial score (nSPS) is 14.5. The average molecular weight is 298 g/mol. The average Bonchev–Trinajstić information content (AvgIpc) is 2.38. The molecule has 0 aromatic rings. The highest BCUT2D eigenvalue weighted by molar-refractivity contribution is 7.47. The van der Waals surface area contributed by atoms with Crippen molar-refractivity contribution in [3.8, 4) is 0 Å². The van der Waals surface area contributed by atoms with Crippen molar-refractivity contribution in [1.82, 2.24) is 0 Å². The predicted octanol–water partition coefficient (Wildman–Crippen LogP) is 3.45. The van der Waals surface area contributed by atoms with E-state index in [1.165, 1.54) is 19.3 Å². The SMILES string of the molecule is CCCCCCCCOOP(=O)(O)OCCOCC. The molecule has 0 aliphatic carbocycles. The van der Waals surface area contributed by atoms with Crippen LogP contribution in [-0.4, -0.2) is 31.3 Å². The van der Waals surface area contributed by atoms with Crippen LogP contribution < -0.4 is 0 Å². The fourth-order valence-electron chi connectivity index (χ4n) is 1.42. The van der Waals surface area contributed by atoms with E-state index in [1.54, 1.807) is 0 Å². The highest BCUT2D eigenvalue weighted by Gasteiger charge is 2.22. The van der Waals surface area contributed by atoms with Gasteiger partial charge in [-0.25, -0.2) is 9.45 Å². The monoisotopic (exact) mass is 298 g/mol. The van der Waals surface area contributed by atoms with Crippen molar-refractivity contribution in [1.29, 1.82) is 0 Å². The van der Waals surface area contributed by atoms with Gasteiger partial charge in [0.2, 0.25) is 0 Å². The Kier molecular flexibility index (Phi) is 13.1. The van der Waals surface area contributed by atoms with Gasteiger partial charge in [-0.15, -0.1) is 4.67 Å². The number of rotatable bonds is 14. The summed E-state index contributed by atoms with van der Waals surface area (Å²) in [5, 5.41) is 0. The van der Waals surface area contributed by atoms with E-state index >= 15 is 0 Å². The van der Waals surface area contributed by atoms with Crippen LogP contribution in [0.15, 0.2) is 0 Å². The maximum Gasteiger partial charge on any atom is 0.499 e. The van der Waals surface area contributed by atoms with Gasteiger partial charge < -0.3 is 9.63 Å². The Labute approximate surface area is 115 Å². The molecule has 0 aliphatic heterocycles. The lowest BCUT2D eigenvalue weighted by Crippen LogP contribution is -2.05. The van der Waals surface area contributed by atoms with Crippen LogP contribution in [-0.2, 0) is 23.4 Å². The third-order valence-electron chi connectivity index (χ3n) is 2.41. The zero-order chi connectivity index (χ0) is 14.4. The zero-order valence-corrected chi connectivity index (χ0v) is 12.9. The lowest BCUT2D eigenvalue weighted by molar-refractivity contribution is -0.225. The van der Waals surface area contributed by atoms with E-state index < -0.39 is 7.82 Å². The molecule has 0 spiro atoms. The Hall–Kier alpha value is 0.0300. The van der Waals surface area contributed by atoms with Gasteiger partial charge in [0.1, 0.15) is 0 Å². The van der Waals surface area contributed by atoms with Crippen molar-refractivity contribution in [3.63, 3.8) is 0 Å². The summed E-state index contributed by atoms with van der Waals surface area (Å²) in [6, 6.07) is 0. The zero-order valence-electron chi connectivity index (χ0n) is 12.0. The highest BCUT2D eigenvalue weighted by Crippen LogP contribution is 2.43. The Bertz CT molecular complexity index is 236. The van der Waals surface area contributed by atoms with Crippen LogP contribution in [0.25, 0.3) is 0 Å². The molecule has 19 heavy (non-hydrogen) atoms. The second-order valence-corrected chi connectivity index (χ2v) is 5.51. The quantitative estimate of drug-likeness (QED) is 0.229. The summed E-state index contributed by atoms with van der Waals surface area (Å²) >= 11 is 0.